The Balaban J connectivity index is 1.59. The van der Waals surface area contributed by atoms with Crippen LogP contribution in [0.4, 0.5) is 5.69 Å². The molecule has 0 saturated heterocycles. The summed E-state index contributed by atoms with van der Waals surface area (Å²) in [6.45, 7) is 5.41. The zero-order valence-electron chi connectivity index (χ0n) is 21.8. The maximum atomic E-state index is 13.1. The minimum Gasteiger partial charge on any atom is -0.497 e. The molecule has 0 saturated carbocycles. The number of aromatic nitrogens is 2. The van der Waals surface area contributed by atoms with Crippen LogP contribution in [0.2, 0.25) is 0 Å². The molecule has 1 heterocycles. The molecule has 3 aromatic rings. The number of anilines is 1. The van der Waals surface area contributed by atoms with E-state index in [0.29, 0.717) is 23.8 Å². The molecule has 0 radical (unpaired) electrons. The van der Waals surface area contributed by atoms with Gasteiger partial charge in [0.1, 0.15) is 5.75 Å². The van der Waals surface area contributed by atoms with Gasteiger partial charge in [-0.05, 0) is 60.1 Å². The first-order chi connectivity index (χ1) is 17.8. The largest absolute Gasteiger partial charge is 0.497 e. The summed E-state index contributed by atoms with van der Waals surface area (Å²) < 4.78 is 7.16. The number of thiocarbonyl (C=S) groups is 1. The molecule has 194 valence electrons. The topological polar surface area (TPSA) is 95.2 Å². The number of benzene rings is 2. The van der Waals surface area contributed by atoms with E-state index >= 15 is 0 Å². The predicted octanol–water partition coefficient (Wildman–Crippen LogP) is 4.21. The predicted molar refractivity (Wildman–Crippen MR) is 149 cm³/mol. The number of nitrogens with zero attached hydrogens (tertiary/aromatic N) is 4. The maximum absolute atomic E-state index is 13.1. The van der Waals surface area contributed by atoms with Crippen LogP contribution >= 0.6 is 12.2 Å². The summed E-state index contributed by atoms with van der Waals surface area (Å²) in [6, 6.07) is 17.0. The summed E-state index contributed by atoms with van der Waals surface area (Å²) >= 11 is 5.60. The lowest BCUT2D eigenvalue weighted by Crippen LogP contribution is -2.49. The van der Waals surface area contributed by atoms with Crippen molar-refractivity contribution in [3.05, 3.63) is 77.9 Å². The smallest absolute Gasteiger partial charge is 0.226 e. The van der Waals surface area contributed by atoms with Crippen molar-refractivity contribution in [1.29, 1.82) is 5.26 Å². The molecule has 0 aliphatic carbocycles. The number of imidazole rings is 1. The molecule has 2 N–H and O–H groups in total. The van der Waals surface area contributed by atoms with Crippen LogP contribution in [0.25, 0.3) is 0 Å². The van der Waals surface area contributed by atoms with E-state index in [0.717, 1.165) is 29.1 Å². The van der Waals surface area contributed by atoms with Gasteiger partial charge >= 0.3 is 0 Å². The normalized spacial score (nSPS) is 12.2. The van der Waals surface area contributed by atoms with Gasteiger partial charge in [0.05, 0.1) is 31.5 Å². The molecular weight excluding hydrogens is 484 g/mol. The Labute approximate surface area is 224 Å². The number of rotatable bonds is 11. The molecule has 1 aromatic heterocycles. The van der Waals surface area contributed by atoms with Gasteiger partial charge in [-0.2, -0.15) is 5.26 Å². The van der Waals surface area contributed by atoms with Crippen LogP contribution in [0, 0.1) is 17.2 Å². The van der Waals surface area contributed by atoms with Crippen LogP contribution in [0.15, 0.2) is 61.1 Å². The molecule has 2 aromatic carbocycles. The zero-order chi connectivity index (χ0) is 26.8. The van der Waals surface area contributed by atoms with Crippen LogP contribution in [-0.2, 0) is 17.8 Å². The van der Waals surface area contributed by atoms with E-state index < -0.39 is 0 Å². The minimum absolute atomic E-state index is 0.0608. The lowest BCUT2D eigenvalue weighted by molar-refractivity contribution is -0.121. The van der Waals surface area contributed by atoms with Crippen molar-refractivity contribution in [3.63, 3.8) is 0 Å². The highest BCUT2D eigenvalue weighted by Gasteiger charge is 2.22. The number of carbonyl (C=O) groups is 1. The van der Waals surface area contributed by atoms with Crippen molar-refractivity contribution in [3.8, 4) is 11.8 Å². The summed E-state index contributed by atoms with van der Waals surface area (Å²) in [5.74, 6) is 0.982. The molecule has 8 nitrogen and oxygen atoms in total. The van der Waals surface area contributed by atoms with Crippen molar-refractivity contribution in [2.24, 2.45) is 5.92 Å². The lowest BCUT2D eigenvalue weighted by atomic mass is 9.98. The molecule has 37 heavy (non-hydrogen) atoms. The van der Waals surface area contributed by atoms with Gasteiger partial charge in [-0.15, -0.1) is 0 Å². The van der Waals surface area contributed by atoms with Gasteiger partial charge in [-0.1, -0.05) is 32.4 Å². The van der Waals surface area contributed by atoms with Crippen molar-refractivity contribution in [2.75, 3.05) is 26.0 Å². The lowest BCUT2D eigenvalue weighted by Gasteiger charge is -2.30. The third kappa shape index (κ3) is 8.05. The fraction of sp³-hybridized carbons (Fsp3) is 0.357. The fourth-order valence-corrected chi connectivity index (χ4v) is 4.06. The van der Waals surface area contributed by atoms with E-state index in [-0.39, 0.29) is 24.3 Å². The monoisotopic (exact) mass is 518 g/mol. The number of methoxy groups -OCH3 is 1. The summed E-state index contributed by atoms with van der Waals surface area (Å²) in [7, 11) is 3.56. The average molecular weight is 519 g/mol. The molecule has 3 rings (SSSR count). The summed E-state index contributed by atoms with van der Waals surface area (Å²) in [5, 5.41) is 16.0. The van der Waals surface area contributed by atoms with Gasteiger partial charge in [0, 0.05) is 43.8 Å². The Morgan fingerprint density at radius 1 is 1.22 bits per heavy atom. The Bertz CT molecular complexity index is 1220. The van der Waals surface area contributed by atoms with Gasteiger partial charge in [0.15, 0.2) is 5.11 Å². The molecule has 0 unspecified atom stereocenters. The molecule has 1 amide bonds. The van der Waals surface area contributed by atoms with Gasteiger partial charge in [-0.3, -0.25) is 4.79 Å². The van der Waals surface area contributed by atoms with Crippen LogP contribution in [0.5, 0.6) is 5.75 Å². The second-order valence-corrected chi connectivity index (χ2v) is 9.48. The van der Waals surface area contributed by atoms with E-state index in [2.05, 4.69) is 35.5 Å². The van der Waals surface area contributed by atoms with E-state index in [1.165, 1.54) is 0 Å². The standard InChI is InChI=1S/C28H34N6O2S/c1-5-20(2)26(18-33(3)28(37)31-23-10-12-25(36-4)13-11-23)32-27(35)14-24-16-30-19-34(24)17-22-8-6-21(15-29)7-9-22/h6-13,16,19-20,26H,5,14,17-18H2,1-4H3,(H,31,37)(H,32,35)/t20-,26+/m0/s1. The zero-order valence-corrected chi connectivity index (χ0v) is 22.6. The third-order valence-electron chi connectivity index (χ3n) is 6.41. The highest BCUT2D eigenvalue weighted by Crippen LogP contribution is 2.16. The molecule has 0 bridgehead atoms. The number of ether oxygens (including phenoxy) is 1. The highest BCUT2D eigenvalue weighted by molar-refractivity contribution is 7.80. The summed E-state index contributed by atoms with van der Waals surface area (Å²) in [5.41, 5.74) is 3.36. The quantitative estimate of drug-likeness (QED) is 0.367. The summed E-state index contributed by atoms with van der Waals surface area (Å²) in [4.78, 5) is 19.3. The molecule has 0 aliphatic heterocycles. The number of carbonyl (C=O) groups excluding carboxylic acids is 1. The number of amides is 1. The van der Waals surface area contributed by atoms with Crippen molar-refractivity contribution in [1.82, 2.24) is 19.8 Å². The van der Waals surface area contributed by atoms with Crippen molar-refractivity contribution < 1.29 is 9.53 Å². The van der Waals surface area contributed by atoms with Gasteiger partial charge in [0.25, 0.3) is 0 Å². The fourth-order valence-electron chi connectivity index (χ4n) is 3.86. The Hall–Kier alpha value is -3.90. The maximum Gasteiger partial charge on any atom is 0.226 e. The van der Waals surface area contributed by atoms with Crippen LogP contribution in [-0.4, -0.2) is 52.2 Å². The molecule has 2 atom stereocenters. The number of nitriles is 1. The van der Waals surface area contributed by atoms with Crippen molar-refractivity contribution in [2.45, 2.75) is 39.3 Å². The van der Waals surface area contributed by atoms with Crippen molar-refractivity contribution >= 4 is 28.9 Å². The second-order valence-electron chi connectivity index (χ2n) is 9.10. The van der Waals surface area contributed by atoms with Gasteiger partial charge < -0.3 is 24.8 Å². The molecule has 9 heteroatoms. The Morgan fingerprint density at radius 3 is 2.54 bits per heavy atom. The Morgan fingerprint density at radius 2 is 1.92 bits per heavy atom. The van der Waals surface area contributed by atoms with E-state index in [1.807, 2.05) is 52.9 Å². The highest BCUT2D eigenvalue weighted by atomic mass is 32.1. The van der Waals surface area contributed by atoms with Gasteiger partial charge in [-0.25, -0.2) is 4.98 Å². The number of hydrogen-bond acceptors (Lipinski definition) is 5. The average Bonchev–Trinajstić information content (AvgIpc) is 3.34. The SMILES string of the molecule is CC[C@H](C)[C@@H](CN(C)C(=S)Nc1ccc(OC)cc1)NC(=O)Cc1cncn1Cc1ccc(C#N)cc1. The van der Waals surface area contributed by atoms with Crippen LogP contribution < -0.4 is 15.4 Å². The number of nitrogens with one attached hydrogen (secondary N) is 2. The first-order valence-electron chi connectivity index (χ1n) is 12.3. The van der Waals surface area contributed by atoms with E-state index in [9.17, 15) is 4.79 Å². The minimum atomic E-state index is -0.0759. The van der Waals surface area contributed by atoms with Crippen LogP contribution in [0.1, 0.15) is 37.1 Å². The van der Waals surface area contributed by atoms with Gasteiger partial charge in [0.2, 0.25) is 5.91 Å². The molecule has 0 aliphatic rings. The second kappa shape index (κ2) is 13.4. The first-order valence-corrected chi connectivity index (χ1v) is 12.7. The first kappa shape index (κ1) is 27.7. The summed E-state index contributed by atoms with van der Waals surface area (Å²) in [6.07, 6.45) is 4.60. The van der Waals surface area contributed by atoms with E-state index in [1.54, 1.807) is 31.8 Å². The molecule has 0 spiro atoms. The molecule has 0 fully saturated rings. The number of likely N-dealkylation sites (N-methyl/N-ethyl adjacent to an activating group) is 1. The van der Waals surface area contributed by atoms with E-state index in [4.69, 9.17) is 22.2 Å². The Kier molecular flexibility index (Phi) is 10.0. The van der Waals surface area contributed by atoms with Crippen LogP contribution in [0.3, 0.4) is 0 Å². The molecular formula is C28H34N6O2S. The third-order valence-corrected chi connectivity index (χ3v) is 6.83. The number of hydrogen-bond donors (Lipinski definition) is 2.